The Morgan fingerprint density at radius 2 is 1.34 bits per heavy atom. The van der Waals surface area contributed by atoms with Crippen LogP contribution in [0.1, 0.15) is 64.4 Å². The van der Waals surface area contributed by atoms with Gasteiger partial charge in [0.05, 0.1) is 19.0 Å². The third-order valence-corrected chi connectivity index (χ3v) is 8.16. The number of guanidine groups is 1. The molecule has 0 aliphatic heterocycles. The van der Waals surface area contributed by atoms with Crippen LogP contribution in [0.5, 0.6) is 5.75 Å². The van der Waals surface area contributed by atoms with Crippen LogP contribution in [-0.2, 0) is 40.0 Å². The van der Waals surface area contributed by atoms with Crippen molar-refractivity contribution in [1.29, 1.82) is 0 Å². The summed E-state index contributed by atoms with van der Waals surface area (Å²) in [6.45, 7) is 3.26. The number of aliphatic imine (C=N–C) groups is 1. The van der Waals surface area contributed by atoms with Gasteiger partial charge in [0.2, 0.25) is 29.5 Å². The molecule has 1 rings (SSSR count). The Balaban J connectivity index is 3.13. The molecule has 6 atom stereocenters. The predicted molar refractivity (Wildman–Crippen MR) is 193 cm³/mol. The molecule has 0 aliphatic carbocycles. The smallest absolute Gasteiger partial charge is 0.326 e. The van der Waals surface area contributed by atoms with Crippen LogP contribution in [-0.4, -0.2) is 113 Å². The molecule has 296 valence electrons. The van der Waals surface area contributed by atoms with Gasteiger partial charge in [-0.25, -0.2) is 4.79 Å². The number of carboxylic acid groups (broad SMARTS) is 2. The number of benzene rings is 1. The maximum atomic E-state index is 13.5. The molecule has 0 saturated heterocycles. The van der Waals surface area contributed by atoms with E-state index in [0.29, 0.717) is 31.4 Å². The van der Waals surface area contributed by atoms with Crippen molar-refractivity contribution >= 4 is 47.4 Å². The fraction of sp³-hybridized carbons (Fsp3) is 0.576. The van der Waals surface area contributed by atoms with Crippen LogP contribution in [0, 0.1) is 5.92 Å². The van der Waals surface area contributed by atoms with Crippen molar-refractivity contribution in [3.8, 4) is 5.75 Å². The maximum Gasteiger partial charge on any atom is 0.326 e. The fourth-order valence-corrected chi connectivity index (χ4v) is 4.85. The minimum atomic E-state index is -1.73. The Hall–Kier alpha value is -5.50. The number of nitrogens with two attached hydrogens (primary N) is 4. The van der Waals surface area contributed by atoms with E-state index in [0.717, 1.165) is 0 Å². The maximum absolute atomic E-state index is 13.5. The first-order chi connectivity index (χ1) is 25.0. The minimum Gasteiger partial charge on any atom is -0.508 e. The van der Waals surface area contributed by atoms with Crippen LogP contribution in [0.2, 0.25) is 0 Å². The van der Waals surface area contributed by atoms with E-state index in [9.17, 15) is 48.9 Å². The normalized spacial score (nSPS) is 14.2. The van der Waals surface area contributed by atoms with Gasteiger partial charge in [0, 0.05) is 13.0 Å². The van der Waals surface area contributed by atoms with Gasteiger partial charge in [-0.05, 0) is 62.3 Å². The summed E-state index contributed by atoms with van der Waals surface area (Å²) in [5, 5.41) is 40.4. The summed E-state index contributed by atoms with van der Waals surface area (Å²) < 4.78 is 0. The van der Waals surface area contributed by atoms with E-state index in [2.05, 4.69) is 31.6 Å². The van der Waals surface area contributed by atoms with Crippen molar-refractivity contribution < 1.29 is 48.9 Å². The SMILES string of the molecule is CC[C@H](C)[C@H](N)C(=O)N[C@@H](CCCCN)C(=O)N[C@@H](CCCN=C(N)N)C(=O)N[C@@H](CC(=O)O)C(=O)NCC(=O)N[C@@H](Cc1ccc(O)cc1)C(=O)O. The lowest BCUT2D eigenvalue weighted by molar-refractivity contribution is -0.142. The van der Waals surface area contributed by atoms with Crippen molar-refractivity contribution in [3.63, 3.8) is 0 Å². The first-order valence-electron chi connectivity index (χ1n) is 17.2. The number of aliphatic carboxylic acids is 2. The molecule has 0 saturated carbocycles. The molecule has 53 heavy (non-hydrogen) atoms. The number of phenols is 1. The molecule has 0 spiro atoms. The van der Waals surface area contributed by atoms with Gasteiger partial charge in [-0.2, -0.15) is 0 Å². The first kappa shape index (κ1) is 45.5. The third kappa shape index (κ3) is 18.0. The number of carbonyl (C=O) groups is 7. The van der Waals surface area contributed by atoms with Crippen LogP contribution in [0.15, 0.2) is 29.3 Å². The molecule has 0 aromatic heterocycles. The lowest BCUT2D eigenvalue weighted by Crippen LogP contribution is -2.58. The lowest BCUT2D eigenvalue weighted by Gasteiger charge is -2.26. The van der Waals surface area contributed by atoms with Crippen molar-refractivity contribution in [2.45, 2.75) is 95.4 Å². The highest BCUT2D eigenvalue weighted by atomic mass is 16.4. The van der Waals surface area contributed by atoms with E-state index in [-0.39, 0.29) is 49.9 Å². The molecule has 0 bridgehead atoms. The van der Waals surface area contributed by atoms with Gasteiger partial charge in [0.15, 0.2) is 5.96 Å². The van der Waals surface area contributed by atoms with E-state index in [1.54, 1.807) is 6.92 Å². The molecular weight excluding hydrogens is 696 g/mol. The summed E-state index contributed by atoms with van der Waals surface area (Å²) in [7, 11) is 0. The van der Waals surface area contributed by atoms with Crippen LogP contribution in [0.25, 0.3) is 0 Å². The molecule has 0 radical (unpaired) electrons. The standard InChI is InChI=1S/C33H54N10O10/c1-3-18(2)27(35)31(51)42-21(7-4-5-13-34)29(49)41-22(8-6-14-38-33(36)37)30(50)43-23(16-26(46)47)28(48)39-17-25(45)40-24(32(52)53)15-19-9-11-20(44)12-10-19/h9-12,18,21-24,27,44H,3-8,13-17,34-35H2,1-2H3,(H,39,48)(H,40,45)(H,41,49)(H,42,51)(H,43,50)(H,46,47)(H,52,53)(H4,36,37,38)/t18-,21-,22-,23-,24-,27-/m0/s1. The van der Waals surface area contributed by atoms with Crippen LogP contribution in [0.3, 0.4) is 0 Å². The Morgan fingerprint density at radius 3 is 1.87 bits per heavy atom. The Labute approximate surface area is 307 Å². The van der Waals surface area contributed by atoms with Crippen LogP contribution >= 0.6 is 0 Å². The number of hydrogen-bond acceptors (Lipinski definition) is 11. The highest BCUT2D eigenvalue weighted by Gasteiger charge is 2.32. The quantitative estimate of drug-likeness (QED) is 0.0271. The molecule has 0 heterocycles. The molecule has 20 heteroatoms. The van der Waals surface area contributed by atoms with Crippen LogP contribution < -0.4 is 49.5 Å². The molecule has 0 aliphatic rings. The molecular formula is C33H54N10O10. The van der Waals surface area contributed by atoms with E-state index in [4.69, 9.17) is 22.9 Å². The van der Waals surface area contributed by atoms with Gasteiger partial charge >= 0.3 is 11.9 Å². The average Bonchev–Trinajstić information content (AvgIpc) is 3.10. The lowest BCUT2D eigenvalue weighted by atomic mass is 9.98. The zero-order valence-corrected chi connectivity index (χ0v) is 30.0. The van der Waals surface area contributed by atoms with Crippen LogP contribution in [0.4, 0.5) is 0 Å². The summed E-state index contributed by atoms with van der Waals surface area (Å²) in [6, 6.07) is -0.894. The number of nitrogens with one attached hydrogen (secondary N) is 5. The van der Waals surface area contributed by atoms with Crippen molar-refractivity contribution in [1.82, 2.24) is 26.6 Å². The number of aromatic hydroxyl groups is 1. The van der Waals surface area contributed by atoms with Crippen molar-refractivity contribution in [2.24, 2.45) is 33.8 Å². The Bertz CT molecular complexity index is 1420. The Morgan fingerprint density at radius 1 is 0.774 bits per heavy atom. The fourth-order valence-electron chi connectivity index (χ4n) is 4.85. The monoisotopic (exact) mass is 750 g/mol. The van der Waals surface area contributed by atoms with Gasteiger partial charge in [0.25, 0.3) is 0 Å². The van der Waals surface area contributed by atoms with E-state index in [1.807, 2.05) is 6.92 Å². The van der Waals surface area contributed by atoms with Gasteiger partial charge in [-0.3, -0.25) is 33.8 Å². The van der Waals surface area contributed by atoms with E-state index in [1.165, 1.54) is 24.3 Å². The number of nitrogens with zero attached hydrogens (tertiary/aromatic N) is 1. The number of rotatable bonds is 25. The van der Waals surface area contributed by atoms with Crippen molar-refractivity contribution in [3.05, 3.63) is 29.8 Å². The van der Waals surface area contributed by atoms with E-state index >= 15 is 0 Å². The highest BCUT2D eigenvalue weighted by Crippen LogP contribution is 2.12. The number of hydrogen-bond donors (Lipinski definition) is 12. The second kappa shape index (κ2) is 23.9. The van der Waals surface area contributed by atoms with Gasteiger partial charge in [-0.1, -0.05) is 32.4 Å². The average molecular weight is 751 g/mol. The zero-order valence-electron chi connectivity index (χ0n) is 30.0. The van der Waals surface area contributed by atoms with Crippen molar-refractivity contribution in [2.75, 3.05) is 19.6 Å². The summed E-state index contributed by atoms with van der Waals surface area (Å²) >= 11 is 0. The first-order valence-corrected chi connectivity index (χ1v) is 17.2. The number of amides is 5. The summed E-state index contributed by atoms with van der Waals surface area (Å²) in [5.41, 5.74) is 22.9. The molecule has 1 aromatic carbocycles. The Kier molecular flexibility index (Phi) is 20.5. The molecule has 0 fully saturated rings. The van der Waals surface area contributed by atoms with Gasteiger partial charge in [-0.15, -0.1) is 0 Å². The zero-order chi connectivity index (χ0) is 40.1. The van der Waals surface area contributed by atoms with E-state index < -0.39 is 84.6 Å². The largest absolute Gasteiger partial charge is 0.508 e. The summed E-state index contributed by atoms with van der Waals surface area (Å²) in [6.07, 6.45) is 0.773. The molecule has 1 aromatic rings. The number of carbonyl (C=O) groups excluding carboxylic acids is 5. The summed E-state index contributed by atoms with van der Waals surface area (Å²) in [5.74, 6) is -7.59. The molecule has 16 N–H and O–H groups in total. The summed E-state index contributed by atoms with van der Waals surface area (Å²) in [4.78, 5) is 92.8. The molecule has 0 unspecified atom stereocenters. The second-order valence-corrected chi connectivity index (χ2v) is 12.5. The number of phenolic OH excluding ortho intramolecular Hbond substituents is 1. The predicted octanol–water partition coefficient (Wildman–Crippen LogP) is -2.89. The minimum absolute atomic E-state index is 0.0382. The number of unbranched alkanes of at least 4 members (excludes halogenated alkanes) is 1. The third-order valence-electron chi connectivity index (χ3n) is 8.16. The second-order valence-electron chi connectivity index (χ2n) is 12.5. The topological polar surface area (TPSA) is 357 Å². The molecule has 20 nitrogen and oxygen atoms in total. The highest BCUT2D eigenvalue weighted by molar-refractivity contribution is 5.96. The van der Waals surface area contributed by atoms with Gasteiger partial charge < -0.3 is 64.8 Å². The number of carboxylic acids is 2. The molecule has 5 amide bonds. The van der Waals surface area contributed by atoms with Gasteiger partial charge in [0.1, 0.15) is 29.9 Å².